The van der Waals surface area contributed by atoms with Crippen LogP contribution >= 0.6 is 0 Å². The van der Waals surface area contributed by atoms with Crippen molar-refractivity contribution in [1.29, 1.82) is 0 Å². The van der Waals surface area contributed by atoms with Crippen LogP contribution in [0.3, 0.4) is 0 Å². The van der Waals surface area contributed by atoms with Crippen LogP contribution in [0.4, 0.5) is 0 Å². The molecule has 1 aliphatic heterocycles. The van der Waals surface area contributed by atoms with Crippen molar-refractivity contribution in [3.05, 3.63) is 0 Å². The SMILES string of the molecule is CN(C(N)=NCCOCCN1CCCC1)C12CC3CC(CC(C3)C1)C2. The number of rotatable bonds is 7. The maximum atomic E-state index is 6.37. The number of hydrogen-bond acceptors (Lipinski definition) is 3. The topological polar surface area (TPSA) is 54.1 Å². The van der Waals surface area contributed by atoms with Gasteiger partial charge >= 0.3 is 0 Å². The first-order chi connectivity index (χ1) is 12.1. The van der Waals surface area contributed by atoms with Crippen molar-refractivity contribution in [2.45, 2.75) is 56.9 Å². The fraction of sp³-hybridized carbons (Fsp3) is 0.950. The molecule has 4 saturated carbocycles. The van der Waals surface area contributed by atoms with Crippen LogP contribution in [0.2, 0.25) is 0 Å². The van der Waals surface area contributed by atoms with Gasteiger partial charge in [-0.25, -0.2) is 0 Å². The van der Waals surface area contributed by atoms with Gasteiger partial charge in [0.15, 0.2) is 5.96 Å². The Kier molecular flexibility index (Phi) is 5.23. The van der Waals surface area contributed by atoms with E-state index in [1.165, 1.54) is 64.5 Å². The van der Waals surface area contributed by atoms with E-state index in [1.54, 1.807) is 0 Å². The highest BCUT2D eigenvalue weighted by Crippen LogP contribution is 2.57. The van der Waals surface area contributed by atoms with Crippen molar-refractivity contribution < 1.29 is 4.74 Å². The summed E-state index contributed by atoms with van der Waals surface area (Å²) in [6, 6.07) is 0. The molecule has 0 amide bonds. The fourth-order valence-electron chi connectivity index (χ4n) is 6.35. The Morgan fingerprint density at radius 1 is 1.08 bits per heavy atom. The molecule has 25 heavy (non-hydrogen) atoms. The number of aliphatic imine (C=N–C) groups is 1. The normalized spacial score (nSPS) is 37.8. The van der Waals surface area contributed by atoms with E-state index in [0.29, 0.717) is 18.7 Å². The van der Waals surface area contributed by atoms with Gasteiger partial charge in [0.1, 0.15) is 0 Å². The van der Waals surface area contributed by atoms with E-state index in [4.69, 9.17) is 10.5 Å². The van der Waals surface area contributed by atoms with Gasteiger partial charge in [0.25, 0.3) is 0 Å². The minimum absolute atomic E-state index is 0.305. The van der Waals surface area contributed by atoms with Gasteiger partial charge in [-0.05, 0) is 82.2 Å². The number of nitrogens with zero attached hydrogens (tertiary/aromatic N) is 3. The van der Waals surface area contributed by atoms with Crippen molar-refractivity contribution in [3.8, 4) is 0 Å². The molecule has 5 aliphatic rings. The van der Waals surface area contributed by atoms with Gasteiger partial charge in [0.05, 0.1) is 19.8 Å². The third-order valence-electron chi connectivity index (χ3n) is 7.32. The van der Waals surface area contributed by atoms with Crippen LogP contribution in [-0.2, 0) is 4.74 Å². The Balaban J connectivity index is 1.21. The van der Waals surface area contributed by atoms with E-state index < -0.39 is 0 Å². The summed E-state index contributed by atoms with van der Waals surface area (Å²) in [6.45, 7) is 5.73. The first-order valence-electron chi connectivity index (χ1n) is 10.5. The Labute approximate surface area is 153 Å². The highest BCUT2D eigenvalue weighted by Gasteiger charge is 2.53. The predicted octanol–water partition coefficient (Wildman–Crippen LogP) is 2.31. The predicted molar refractivity (Wildman–Crippen MR) is 102 cm³/mol. The summed E-state index contributed by atoms with van der Waals surface area (Å²) in [4.78, 5) is 9.45. The number of nitrogens with two attached hydrogens (primary N) is 1. The Morgan fingerprint density at radius 3 is 2.28 bits per heavy atom. The second-order valence-corrected chi connectivity index (χ2v) is 9.10. The summed E-state index contributed by atoms with van der Waals surface area (Å²) in [5.74, 6) is 3.55. The van der Waals surface area contributed by atoms with Crippen molar-refractivity contribution >= 4 is 5.96 Å². The molecule has 5 nitrogen and oxygen atoms in total. The molecular formula is C20H36N4O. The van der Waals surface area contributed by atoms with Crippen LogP contribution in [0, 0.1) is 17.8 Å². The van der Waals surface area contributed by atoms with Gasteiger partial charge in [-0.2, -0.15) is 0 Å². The van der Waals surface area contributed by atoms with E-state index in [9.17, 15) is 0 Å². The summed E-state index contributed by atoms with van der Waals surface area (Å²) < 4.78 is 5.75. The van der Waals surface area contributed by atoms with E-state index in [0.717, 1.165) is 36.9 Å². The average Bonchev–Trinajstić information content (AvgIpc) is 3.09. The van der Waals surface area contributed by atoms with E-state index >= 15 is 0 Å². The first-order valence-corrected chi connectivity index (χ1v) is 10.5. The smallest absolute Gasteiger partial charge is 0.191 e. The number of guanidine groups is 1. The van der Waals surface area contributed by atoms with E-state index in [-0.39, 0.29) is 0 Å². The summed E-state index contributed by atoms with van der Waals surface area (Å²) in [5, 5.41) is 0. The van der Waals surface area contributed by atoms with Gasteiger partial charge in [-0.3, -0.25) is 4.99 Å². The van der Waals surface area contributed by atoms with E-state index in [1.807, 2.05) is 0 Å². The second-order valence-electron chi connectivity index (χ2n) is 9.10. The quantitative estimate of drug-likeness (QED) is 0.436. The zero-order valence-corrected chi connectivity index (χ0v) is 16.0. The highest BCUT2D eigenvalue weighted by atomic mass is 16.5. The van der Waals surface area contributed by atoms with Crippen LogP contribution in [0.15, 0.2) is 4.99 Å². The zero-order valence-electron chi connectivity index (χ0n) is 16.0. The monoisotopic (exact) mass is 348 g/mol. The standard InChI is InChI=1S/C20H36N4O/c1-23(20-13-16-10-17(14-20)12-18(11-16)15-20)19(21)22-4-8-25-9-7-24-5-2-3-6-24/h16-18H,2-15H2,1H3,(H2,21,22). The lowest BCUT2D eigenvalue weighted by molar-refractivity contribution is -0.0551. The largest absolute Gasteiger partial charge is 0.378 e. The van der Waals surface area contributed by atoms with Gasteiger partial charge in [-0.15, -0.1) is 0 Å². The van der Waals surface area contributed by atoms with Crippen molar-refractivity contribution in [3.63, 3.8) is 0 Å². The molecule has 4 bridgehead atoms. The molecule has 0 aromatic carbocycles. The molecule has 5 rings (SSSR count). The summed E-state index contributed by atoms with van der Waals surface area (Å²) in [5.41, 5.74) is 6.67. The lowest BCUT2D eigenvalue weighted by atomic mass is 9.52. The first kappa shape index (κ1) is 17.6. The van der Waals surface area contributed by atoms with Crippen LogP contribution in [0.1, 0.15) is 51.4 Å². The van der Waals surface area contributed by atoms with Crippen molar-refractivity contribution in [2.24, 2.45) is 28.5 Å². The molecule has 5 fully saturated rings. The zero-order chi connectivity index (χ0) is 17.3. The molecule has 0 spiro atoms. The Hall–Kier alpha value is -0.810. The van der Waals surface area contributed by atoms with Crippen LogP contribution in [0.25, 0.3) is 0 Å². The molecule has 5 heteroatoms. The average molecular weight is 349 g/mol. The number of ether oxygens (including phenoxy) is 1. The number of hydrogen-bond donors (Lipinski definition) is 1. The molecule has 0 aromatic rings. The second kappa shape index (κ2) is 7.43. The lowest BCUT2D eigenvalue weighted by Crippen LogP contribution is -2.61. The molecule has 0 unspecified atom stereocenters. The minimum Gasteiger partial charge on any atom is -0.378 e. The van der Waals surface area contributed by atoms with Crippen LogP contribution in [0.5, 0.6) is 0 Å². The minimum atomic E-state index is 0.305. The highest BCUT2D eigenvalue weighted by molar-refractivity contribution is 5.78. The molecule has 1 saturated heterocycles. The van der Waals surface area contributed by atoms with Crippen molar-refractivity contribution in [1.82, 2.24) is 9.80 Å². The summed E-state index contributed by atoms with van der Waals surface area (Å²) >= 11 is 0. The van der Waals surface area contributed by atoms with Gasteiger partial charge < -0.3 is 20.3 Å². The molecule has 0 radical (unpaired) electrons. The number of likely N-dealkylation sites (tertiary alicyclic amines) is 1. The maximum Gasteiger partial charge on any atom is 0.191 e. The van der Waals surface area contributed by atoms with Gasteiger partial charge in [-0.1, -0.05) is 0 Å². The molecule has 0 aromatic heterocycles. The molecule has 0 atom stereocenters. The van der Waals surface area contributed by atoms with Crippen LogP contribution in [-0.4, -0.2) is 67.7 Å². The molecule has 1 heterocycles. The molecule has 142 valence electrons. The van der Waals surface area contributed by atoms with Gasteiger partial charge in [0, 0.05) is 19.1 Å². The Morgan fingerprint density at radius 2 is 1.68 bits per heavy atom. The van der Waals surface area contributed by atoms with E-state index in [2.05, 4.69) is 21.8 Å². The molecular weight excluding hydrogens is 312 g/mol. The third kappa shape index (κ3) is 3.82. The van der Waals surface area contributed by atoms with Gasteiger partial charge in [0.2, 0.25) is 0 Å². The van der Waals surface area contributed by atoms with Crippen LogP contribution < -0.4 is 5.73 Å². The molecule has 4 aliphatic carbocycles. The lowest BCUT2D eigenvalue weighted by Gasteiger charge is -2.60. The fourth-order valence-corrected chi connectivity index (χ4v) is 6.35. The summed E-state index contributed by atoms with van der Waals surface area (Å²) in [6.07, 6.45) is 11.1. The summed E-state index contributed by atoms with van der Waals surface area (Å²) in [7, 11) is 2.18. The van der Waals surface area contributed by atoms with Crippen molar-refractivity contribution in [2.75, 3.05) is 46.4 Å². The Bertz CT molecular complexity index is 451. The maximum absolute atomic E-state index is 6.37. The molecule has 2 N–H and O–H groups in total. The third-order valence-corrected chi connectivity index (χ3v) is 7.32.